The van der Waals surface area contributed by atoms with Crippen molar-refractivity contribution >= 4 is 7.12 Å². The van der Waals surface area contributed by atoms with E-state index in [-0.39, 0.29) is 11.5 Å². The van der Waals surface area contributed by atoms with Crippen molar-refractivity contribution in [1.82, 2.24) is 4.98 Å². The van der Waals surface area contributed by atoms with Gasteiger partial charge >= 0.3 is 7.12 Å². The molecular formula is C20H24BNO4. The van der Waals surface area contributed by atoms with Crippen LogP contribution in [0.15, 0.2) is 30.5 Å². The summed E-state index contributed by atoms with van der Waals surface area (Å²) >= 11 is 0. The van der Waals surface area contributed by atoms with E-state index < -0.39 is 7.12 Å². The maximum Gasteiger partial charge on any atom is 0.454 e. The molecule has 2 aromatic rings. The molecule has 1 saturated heterocycles. The Morgan fingerprint density at radius 3 is 2.88 bits per heavy atom. The predicted octanol–water partition coefficient (Wildman–Crippen LogP) is 3.46. The molecule has 2 aliphatic heterocycles. The molecule has 0 saturated carbocycles. The second-order valence-electron chi connectivity index (χ2n) is 7.68. The lowest BCUT2D eigenvalue weighted by Gasteiger charge is -2.34. The van der Waals surface area contributed by atoms with Crippen LogP contribution in [0.5, 0.6) is 11.5 Å². The van der Waals surface area contributed by atoms with Gasteiger partial charge in [0.15, 0.2) is 11.5 Å². The standard InChI is InChI=1S/C20H24BNO4/c1-20(2)8-6-16-15(4-5-18(24-3)19(16)26-20)17-10-13(7-9-22-17)14-11-21(23)25-12-14/h4-5,7,9-10,14,23H,6,8,11-12H2,1-3H3. The van der Waals surface area contributed by atoms with Crippen molar-refractivity contribution in [1.29, 1.82) is 0 Å². The molecule has 1 unspecified atom stereocenters. The highest BCUT2D eigenvalue weighted by Gasteiger charge is 2.32. The summed E-state index contributed by atoms with van der Waals surface area (Å²) in [6.07, 6.45) is 4.33. The molecule has 1 aromatic heterocycles. The van der Waals surface area contributed by atoms with Crippen LogP contribution in [0.2, 0.25) is 6.32 Å². The van der Waals surface area contributed by atoms with Crippen molar-refractivity contribution in [3.8, 4) is 22.8 Å². The molecule has 1 atom stereocenters. The Hall–Kier alpha value is -2.05. The van der Waals surface area contributed by atoms with Gasteiger partial charge in [0.05, 0.1) is 12.8 Å². The fraction of sp³-hybridized carbons (Fsp3) is 0.450. The highest BCUT2D eigenvalue weighted by Crippen LogP contribution is 2.44. The van der Waals surface area contributed by atoms with Gasteiger partial charge in [-0.15, -0.1) is 0 Å². The minimum absolute atomic E-state index is 0.203. The molecule has 5 nitrogen and oxygen atoms in total. The van der Waals surface area contributed by atoms with Crippen molar-refractivity contribution in [3.05, 3.63) is 41.6 Å². The Kier molecular flexibility index (Phi) is 4.41. The highest BCUT2D eigenvalue weighted by molar-refractivity contribution is 6.43. The second kappa shape index (κ2) is 6.60. The quantitative estimate of drug-likeness (QED) is 0.857. The minimum atomic E-state index is -0.666. The van der Waals surface area contributed by atoms with Gasteiger partial charge in [-0.05, 0) is 62.8 Å². The van der Waals surface area contributed by atoms with Gasteiger partial charge in [0.2, 0.25) is 0 Å². The third-order valence-electron chi connectivity index (χ3n) is 5.31. The van der Waals surface area contributed by atoms with Gasteiger partial charge in [-0.2, -0.15) is 0 Å². The fourth-order valence-electron chi connectivity index (χ4n) is 3.81. The first-order valence-corrected chi connectivity index (χ1v) is 9.12. The van der Waals surface area contributed by atoms with E-state index in [9.17, 15) is 5.02 Å². The molecule has 1 N–H and O–H groups in total. The van der Waals surface area contributed by atoms with Gasteiger partial charge in [-0.25, -0.2) is 0 Å². The number of hydrogen-bond donors (Lipinski definition) is 1. The first kappa shape index (κ1) is 17.4. The van der Waals surface area contributed by atoms with Crippen LogP contribution in [0, 0.1) is 0 Å². The molecular weight excluding hydrogens is 329 g/mol. The number of hydrogen-bond acceptors (Lipinski definition) is 5. The van der Waals surface area contributed by atoms with E-state index in [4.69, 9.17) is 14.1 Å². The van der Waals surface area contributed by atoms with Crippen molar-refractivity contribution in [2.24, 2.45) is 0 Å². The summed E-state index contributed by atoms with van der Waals surface area (Å²) in [4.78, 5) is 4.60. The molecule has 0 aliphatic carbocycles. The number of pyridine rings is 1. The smallest absolute Gasteiger partial charge is 0.454 e. The number of nitrogens with zero attached hydrogens (tertiary/aromatic N) is 1. The zero-order valence-corrected chi connectivity index (χ0v) is 15.5. The zero-order valence-electron chi connectivity index (χ0n) is 15.5. The fourth-order valence-corrected chi connectivity index (χ4v) is 3.81. The van der Waals surface area contributed by atoms with Crippen LogP contribution in [0.1, 0.15) is 37.3 Å². The van der Waals surface area contributed by atoms with Gasteiger partial charge in [0.1, 0.15) is 5.60 Å². The normalized spacial score (nSPS) is 21.2. The summed E-state index contributed by atoms with van der Waals surface area (Å²) in [5.41, 5.74) is 4.10. The lowest BCUT2D eigenvalue weighted by Crippen LogP contribution is -2.33. The van der Waals surface area contributed by atoms with E-state index in [0.29, 0.717) is 12.9 Å². The van der Waals surface area contributed by atoms with Gasteiger partial charge in [-0.1, -0.05) is 0 Å². The van der Waals surface area contributed by atoms with Crippen molar-refractivity contribution in [3.63, 3.8) is 0 Å². The average Bonchev–Trinajstić information content (AvgIpc) is 3.06. The second-order valence-corrected chi connectivity index (χ2v) is 7.68. The number of methoxy groups -OCH3 is 1. The van der Waals surface area contributed by atoms with Crippen LogP contribution < -0.4 is 9.47 Å². The SMILES string of the molecule is COc1ccc(-c2cc(C3COB(O)C3)ccn2)c2c1OC(C)(C)CC2. The summed E-state index contributed by atoms with van der Waals surface area (Å²) in [5.74, 6) is 1.80. The molecule has 26 heavy (non-hydrogen) atoms. The number of benzene rings is 1. The molecule has 1 aromatic carbocycles. The Morgan fingerprint density at radius 2 is 2.15 bits per heavy atom. The van der Waals surface area contributed by atoms with Crippen LogP contribution in [-0.4, -0.2) is 36.4 Å². The van der Waals surface area contributed by atoms with Crippen molar-refractivity contribution in [2.45, 2.75) is 44.5 Å². The Morgan fingerprint density at radius 1 is 1.31 bits per heavy atom. The average molecular weight is 353 g/mol. The van der Waals surface area contributed by atoms with E-state index >= 15 is 0 Å². The van der Waals surface area contributed by atoms with Crippen LogP contribution >= 0.6 is 0 Å². The van der Waals surface area contributed by atoms with Crippen LogP contribution in [0.3, 0.4) is 0 Å². The van der Waals surface area contributed by atoms with E-state index in [1.165, 1.54) is 0 Å². The first-order valence-electron chi connectivity index (χ1n) is 9.12. The number of aromatic nitrogens is 1. The van der Waals surface area contributed by atoms with E-state index in [2.05, 4.69) is 31.0 Å². The van der Waals surface area contributed by atoms with Gasteiger partial charge in [-0.3, -0.25) is 4.98 Å². The van der Waals surface area contributed by atoms with Gasteiger partial charge in [0.25, 0.3) is 0 Å². The van der Waals surface area contributed by atoms with Crippen LogP contribution in [0.4, 0.5) is 0 Å². The third-order valence-corrected chi connectivity index (χ3v) is 5.31. The first-order chi connectivity index (χ1) is 12.5. The number of fused-ring (bicyclic) bond motifs is 1. The Balaban J connectivity index is 1.75. The molecule has 0 bridgehead atoms. The summed E-state index contributed by atoms with van der Waals surface area (Å²) in [5, 5.41) is 9.64. The van der Waals surface area contributed by atoms with Crippen molar-refractivity contribution in [2.75, 3.05) is 13.7 Å². The zero-order chi connectivity index (χ0) is 18.3. The van der Waals surface area contributed by atoms with Crippen molar-refractivity contribution < 1.29 is 19.2 Å². The maximum absolute atomic E-state index is 9.64. The summed E-state index contributed by atoms with van der Waals surface area (Å²) in [6, 6.07) is 8.12. The molecule has 0 radical (unpaired) electrons. The molecule has 6 heteroatoms. The lowest BCUT2D eigenvalue weighted by atomic mass is 9.79. The molecule has 136 valence electrons. The molecule has 2 aliphatic rings. The van der Waals surface area contributed by atoms with Crippen LogP contribution in [0.25, 0.3) is 11.3 Å². The summed E-state index contributed by atoms with van der Waals surface area (Å²) in [6.45, 7) is 4.75. The Labute approximate surface area is 154 Å². The largest absolute Gasteiger partial charge is 0.493 e. The third kappa shape index (κ3) is 3.19. The summed E-state index contributed by atoms with van der Waals surface area (Å²) in [7, 11) is 1.01. The number of ether oxygens (including phenoxy) is 2. The Bertz CT molecular complexity index is 823. The topological polar surface area (TPSA) is 60.8 Å². The van der Waals surface area contributed by atoms with Gasteiger partial charge in [0, 0.05) is 29.8 Å². The van der Waals surface area contributed by atoms with E-state index in [0.717, 1.165) is 46.7 Å². The molecule has 0 amide bonds. The van der Waals surface area contributed by atoms with Gasteiger partial charge < -0.3 is 19.2 Å². The monoisotopic (exact) mass is 353 g/mol. The lowest BCUT2D eigenvalue weighted by molar-refractivity contribution is 0.0806. The minimum Gasteiger partial charge on any atom is -0.493 e. The maximum atomic E-state index is 9.64. The molecule has 1 fully saturated rings. The molecule has 3 heterocycles. The molecule has 0 spiro atoms. The predicted molar refractivity (Wildman–Crippen MR) is 101 cm³/mol. The van der Waals surface area contributed by atoms with E-state index in [1.54, 1.807) is 7.11 Å². The number of rotatable bonds is 3. The highest BCUT2D eigenvalue weighted by atomic mass is 16.5. The van der Waals surface area contributed by atoms with Crippen LogP contribution in [-0.2, 0) is 11.1 Å². The summed E-state index contributed by atoms with van der Waals surface area (Å²) < 4.78 is 17.1. The van der Waals surface area contributed by atoms with E-state index in [1.807, 2.05) is 18.3 Å². The molecule has 4 rings (SSSR count).